The maximum atomic E-state index is 12.1. The number of anilines is 1. The molecule has 0 bridgehead atoms. The minimum Gasteiger partial charge on any atom is -0.375 e. The Balaban J connectivity index is 1.99. The summed E-state index contributed by atoms with van der Waals surface area (Å²) in [7, 11) is 0.222. The van der Waals surface area contributed by atoms with Crippen LogP contribution in [-0.2, 0) is 14.6 Å². The van der Waals surface area contributed by atoms with E-state index in [4.69, 9.17) is 11.6 Å². The van der Waals surface area contributed by atoms with E-state index < -0.39 is 9.84 Å². The summed E-state index contributed by atoms with van der Waals surface area (Å²) in [4.78, 5) is 25.6. The lowest BCUT2D eigenvalue weighted by atomic mass is 10.1. The number of carbonyl (C=O) groups excluding carboxylic acids is 2. The summed E-state index contributed by atoms with van der Waals surface area (Å²) in [5, 5.41) is 6.01. The second-order valence-electron chi connectivity index (χ2n) is 5.91. The Morgan fingerprint density at radius 2 is 2.04 bits per heavy atom. The Morgan fingerprint density at radius 1 is 1.33 bits per heavy atom. The zero-order valence-electron chi connectivity index (χ0n) is 13.5. The van der Waals surface area contributed by atoms with Gasteiger partial charge in [0.2, 0.25) is 5.91 Å². The molecule has 1 aliphatic rings. The van der Waals surface area contributed by atoms with Crippen molar-refractivity contribution < 1.29 is 18.0 Å². The van der Waals surface area contributed by atoms with E-state index in [2.05, 4.69) is 10.6 Å². The molecule has 2 N–H and O–H groups in total. The molecule has 24 heavy (non-hydrogen) atoms. The maximum Gasteiger partial charge on any atom is 0.255 e. The van der Waals surface area contributed by atoms with E-state index in [1.165, 1.54) is 4.90 Å². The van der Waals surface area contributed by atoms with Crippen LogP contribution in [0.3, 0.4) is 0 Å². The highest BCUT2D eigenvalue weighted by Crippen LogP contribution is 2.22. The first-order valence-electron chi connectivity index (χ1n) is 7.43. The molecule has 1 saturated heterocycles. The van der Waals surface area contributed by atoms with Crippen molar-refractivity contribution in [2.75, 3.05) is 37.5 Å². The predicted molar refractivity (Wildman–Crippen MR) is 93.2 cm³/mol. The van der Waals surface area contributed by atoms with Gasteiger partial charge >= 0.3 is 0 Å². The van der Waals surface area contributed by atoms with Gasteiger partial charge in [0.25, 0.3) is 5.91 Å². The van der Waals surface area contributed by atoms with Gasteiger partial charge in [0.1, 0.15) is 0 Å². The fourth-order valence-corrected chi connectivity index (χ4v) is 4.30. The Kier molecular flexibility index (Phi) is 5.71. The lowest BCUT2D eigenvalue weighted by Gasteiger charge is -2.16. The van der Waals surface area contributed by atoms with Crippen molar-refractivity contribution in [1.82, 2.24) is 10.2 Å². The van der Waals surface area contributed by atoms with Crippen LogP contribution in [0.2, 0.25) is 5.02 Å². The fourth-order valence-electron chi connectivity index (χ4n) is 2.45. The second kappa shape index (κ2) is 7.40. The number of hydrogen-bond donors (Lipinski definition) is 2. The number of nitrogens with one attached hydrogen (secondary N) is 2. The molecule has 2 rings (SSSR count). The Labute approximate surface area is 146 Å². The summed E-state index contributed by atoms with van der Waals surface area (Å²) in [6, 6.07) is 4.42. The normalized spacial score (nSPS) is 18.9. The van der Waals surface area contributed by atoms with E-state index in [0.29, 0.717) is 22.7 Å². The summed E-state index contributed by atoms with van der Waals surface area (Å²) in [6.45, 7) is -0.0788. The van der Waals surface area contributed by atoms with Crippen molar-refractivity contribution in [2.24, 2.45) is 0 Å². The van der Waals surface area contributed by atoms with E-state index >= 15 is 0 Å². The number of carbonyl (C=O) groups is 2. The van der Waals surface area contributed by atoms with Crippen molar-refractivity contribution in [3.05, 3.63) is 28.8 Å². The van der Waals surface area contributed by atoms with E-state index in [9.17, 15) is 18.0 Å². The molecule has 7 nitrogen and oxygen atoms in total. The van der Waals surface area contributed by atoms with Crippen LogP contribution in [0.25, 0.3) is 0 Å². The van der Waals surface area contributed by atoms with Gasteiger partial charge in [0, 0.05) is 30.8 Å². The Hall–Kier alpha value is -1.80. The van der Waals surface area contributed by atoms with E-state index in [1.54, 1.807) is 32.3 Å². The first-order chi connectivity index (χ1) is 11.2. The van der Waals surface area contributed by atoms with Gasteiger partial charge in [-0.25, -0.2) is 8.42 Å². The van der Waals surface area contributed by atoms with E-state index in [0.717, 1.165) is 0 Å². The lowest BCUT2D eigenvalue weighted by molar-refractivity contribution is -0.119. The van der Waals surface area contributed by atoms with Gasteiger partial charge in [0.15, 0.2) is 9.84 Å². The molecule has 0 saturated carbocycles. The molecule has 0 spiro atoms. The SMILES string of the molecule is CN(C)C(=O)c1ccc(Cl)cc1NCC(=O)N[C@H]1CCS(=O)(=O)C1. The smallest absolute Gasteiger partial charge is 0.255 e. The van der Waals surface area contributed by atoms with Gasteiger partial charge in [0.05, 0.1) is 23.6 Å². The minimum atomic E-state index is -3.04. The van der Waals surface area contributed by atoms with Crippen LogP contribution in [0.4, 0.5) is 5.69 Å². The van der Waals surface area contributed by atoms with Crippen LogP contribution in [0.5, 0.6) is 0 Å². The first kappa shape index (κ1) is 18.5. The monoisotopic (exact) mass is 373 g/mol. The highest BCUT2D eigenvalue weighted by molar-refractivity contribution is 7.91. The fraction of sp³-hybridized carbons (Fsp3) is 0.467. The van der Waals surface area contributed by atoms with Gasteiger partial charge in [-0.1, -0.05) is 11.6 Å². The topological polar surface area (TPSA) is 95.6 Å². The van der Waals surface area contributed by atoms with Crippen LogP contribution in [0.1, 0.15) is 16.8 Å². The Bertz CT molecular complexity index is 749. The molecule has 0 unspecified atom stereocenters. The lowest BCUT2D eigenvalue weighted by Crippen LogP contribution is -2.39. The summed E-state index contributed by atoms with van der Waals surface area (Å²) in [5.74, 6) is -0.474. The molecule has 0 aliphatic carbocycles. The molecule has 0 radical (unpaired) electrons. The van der Waals surface area contributed by atoms with Gasteiger partial charge in [-0.2, -0.15) is 0 Å². The summed E-state index contributed by atoms with van der Waals surface area (Å²) < 4.78 is 22.8. The van der Waals surface area contributed by atoms with Crippen LogP contribution in [0.15, 0.2) is 18.2 Å². The number of amides is 2. The van der Waals surface area contributed by atoms with Crippen LogP contribution >= 0.6 is 11.6 Å². The average Bonchev–Trinajstić information content (AvgIpc) is 2.83. The van der Waals surface area contributed by atoms with Crippen molar-refractivity contribution >= 4 is 38.9 Å². The number of nitrogens with zero attached hydrogens (tertiary/aromatic N) is 1. The molecule has 2 amide bonds. The third-order valence-corrected chi connectivity index (χ3v) is 5.66. The average molecular weight is 374 g/mol. The third-order valence-electron chi connectivity index (χ3n) is 3.66. The minimum absolute atomic E-state index is 0.0275. The zero-order chi connectivity index (χ0) is 17.9. The van der Waals surface area contributed by atoms with Crippen LogP contribution in [0, 0.1) is 0 Å². The van der Waals surface area contributed by atoms with E-state index in [1.807, 2.05) is 0 Å². The van der Waals surface area contributed by atoms with E-state index in [-0.39, 0.29) is 35.9 Å². The van der Waals surface area contributed by atoms with Crippen molar-refractivity contribution in [1.29, 1.82) is 0 Å². The van der Waals surface area contributed by atoms with Gasteiger partial charge < -0.3 is 15.5 Å². The van der Waals surface area contributed by atoms with Crippen molar-refractivity contribution in [2.45, 2.75) is 12.5 Å². The highest BCUT2D eigenvalue weighted by atomic mass is 35.5. The third kappa shape index (κ3) is 4.85. The number of sulfone groups is 1. The standard InChI is InChI=1S/C15H20ClN3O4S/c1-19(2)15(21)12-4-3-10(16)7-13(12)17-8-14(20)18-11-5-6-24(22,23)9-11/h3-4,7,11,17H,5-6,8-9H2,1-2H3,(H,18,20)/t11-/m0/s1. The highest BCUT2D eigenvalue weighted by Gasteiger charge is 2.28. The van der Waals surface area contributed by atoms with Crippen molar-refractivity contribution in [3.8, 4) is 0 Å². The van der Waals surface area contributed by atoms with Crippen LogP contribution < -0.4 is 10.6 Å². The molecular formula is C15H20ClN3O4S. The molecule has 132 valence electrons. The predicted octanol–water partition coefficient (Wildman–Crippen LogP) is 0.757. The van der Waals surface area contributed by atoms with Crippen molar-refractivity contribution in [3.63, 3.8) is 0 Å². The summed E-state index contributed by atoms with van der Waals surface area (Å²) >= 11 is 5.95. The number of halogens is 1. The molecular weight excluding hydrogens is 354 g/mol. The molecule has 1 fully saturated rings. The molecule has 0 aromatic heterocycles. The van der Waals surface area contributed by atoms with Crippen LogP contribution in [-0.4, -0.2) is 63.3 Å². The van der Waals surface area contributed by atoms with Gasteiger partial charge in [-0.15, -0.1) is 0 Å². The first-order valence-corrected chi connectivity index (χ1v) is 9.63. The quantitative estimate of drug-likeness (QED) is 0.794. The number of benzene rings is 1. The second-order valence-corrected chi connectivity index (χ2v) is 8.58. The largest absolute Gasteiger partial charge is 0.375 e. The number of rotatable bonds is 5. The molecule has 9 heteroatoms. The maximum absolute atomic E-state index is 12.1. The van der Waals surface area contributed by atoms with Gasteiger partial charge in [-0.05, 0) is 24.6 Å². The molecule has 1 aromatic rings. The zero-order valence-corrected chi connectivity index (χ0v) is 15.1. The molecule has 1 atom stereocenters. The molecule has 1 heterocycles. The molecule has 1 aromatic carbocycles. The Morgan fingerprint density at radius 3 is 2.62 bits per heavy atom. The number of hydrogen-bond acceptors (Lipinski definition) is 5. The van der Waals surface area contributed by atoms with Gasteiger partial charge in [-0.3, -0.25) is 9.59 Å². The summed E-state index contributed by atoms with van der Waals surface area (Å²) in [5.41, 5.74) is 0.857. The molecule has 1 aliphatic heterocycles. The summed E-state index contributed by atoms with van der Waals surface area (Å²) in [6.07, 6.45) is 0.426.